The molecule has 170 valence electrons. The zero-order chi connectivity index (χ0) is 22.9. The van der Waals surface area contributed by atoms with Gasteiger partial charge in [0.2, 0.25) is 0 Å². The van der Waals surface area contributed by atoms with Gasteiger partial charge in [0, 0.05) is 19.3 Å². The Labute approximate surface area is 196 Å². The maximum Gasteiger partial charge on any atom is 0.272 e. The van der Waals surface area contributed by atoms with Gasteiger partial charge in [-0.3, -0.25) is 0 Å². The predicted octanol–water partition coefficient (Wildman–Crippen LogP) is 6.02. The standard InChI is InChI=1S/C23H24Cl2F2N4O/c1-2-3-19-22(25)23(30-15-29-19)31(13-17-6-9-20(24)28-12-17)11-10-16-4-7-18(8-5-16)32-14-21(26)27/h4-9,12,15,21H,2-3,10-11,13-14H2,1H3. The van der Waals surface area contributed by atoms with E-state index in [1.165, 1.54) is 6.33 Å². The van der Waals surface area contributed by atoms with Crippen LogP contribution < -0.4 is 9.64 Å². The van der Waals surface area contributed by atoms with Crippen molar-refractivity contribution in [3.63, 3.8) is 0 Å². The topological polar surface area (TPSA) is 51.1 Å². The van der Waals surface area contributed by atoms with Gasteiger partial charge < -0.3 is 9.64 Å². The van der Waals surface area contributed by atoms with E-state index in [0.717, 1.165) is 29.7 Å². The molecule has 2 aromatic heterocycles. The Morgan fingerprint density at radius 1 is 0.969 bits per heavy atom. The van der Waals surface area contributed by atoms with Gasteiger partial charge in [-0.25, -0.2) is 23.7 Å². The van der Waals surface area contributed by atoms with Crippen molar-refractivity contribution in [2.24, 2.45) is 0 Å². The number of benzene rings is 1. The summed E-state index contributed by atoms with van der Waals surface area (Å²) in [6, 6.07) is 10.8. The zero-order valence-corrected chi connectivity index (χ0v) is 19.2. The van der Waals surface area contributed by atoms with Crippen LogP contribution in [-0.2, 0) is 19.4 Å². The van der Waals surface area contributed by atoms with Crippen molar-refractivity contribution in [1.29, 1.82) is 0 Å². The normalized spacial score (nSPS) is 11.1. The zero-order valence-electron chi connectivity index (χ0n) is 17.6. The maximum absolute atomic E-state index is 12.3. The van der Waals surface area contributed by atoms with E-state index in [1.807, 2.05) is 18.2 Å². The molecule has 0 aliphatic heterocycles. The number of hydrogen-bond acceptors (Lipinski definition) is 5. The highest BCUT2D eigenvalue weighted by atomic mass is 35.5. The van der Waals surface area contributed by atoms with Crippen LogP contribution in [0.3, 0.4) is 0 Å². The summed E-state index contributed by atoms with van der Waals surface area (Å²) in [4.78, 5) is 15.0. The number of aryl methyl sites for hydroxylation is 1. The van der Waals surface area contributed by atoms with Gasteiger partial charge in [-0.1, -0.05) is 54.7 Å². The molecular weight excluding hydrogens is 457 g/mol. The molecule has 0 N–H and O–H groups in total. The lowest BCUT2D eigenvalue weighted by Crippen LogP contribution is -2.27. The lowest BCUT2D eigenvalue weighted by molar-refractivity contribution is 0.0819. The molecule has 0 aliphatic rings. The minimum Gasteiger partial charge on any atom is -0.488 e. The molecular formula is C23H24Cl2F2N4O. The molecule has 3 rings (SSSR count). The molecule has 0 spiro atoms. The van der Waals surface area contributed by atoms with Crippen molar-refractivity contribution in [3.05, 3.63) is 75.9 Å². The summed E-state index contributed by atoms with van der Waals surface area (Å²) in [6.45, 7) is 2.63. The fourth-order valence-corrected chi connectivity index (χ4v) is 3.61. The number of nitrogens with zero attached hydrogens (tertiary/aromatic N) is 4. The molecule has 0 saturated carbocycles. The summed E-state index contributed by atoms with van der Waals surface area (Å²) < 4.78 is 29.7. The smallest absolute Gasteiger partial charge is 0.272 e. The summed E-state index contributed by atoms with van der Waals surface area (Å²) in [5.74, 6) is 1.08. The van der Waals surface area contributed by atoms with Gasteiger partial charge in [-0.05, 0) is 42.2 Å². The van der Waals surface area contributed by atoms with Gasteiger partial charge in [0.1, 0.15) is 28.9 Å². The van der Waals surface area contributed by atoms with Crippen molar-refractivity contribution in [3.8, 4) is 5.75 Å². The van der Waals surface area contributed by atoms with Gasteiger partial charge in [0.25, 0.3) is 6.43 Å². The van der Waals surface area contributed by atoms with E-state index in [-0.39, 0.29) is 0 Å². The first-order valence-corrected chi connectivity index (χ1v) is 11.1. The van der Waals surface area contributed by atoms with E-state index in [9.17, 15) is 8.78 Å². The number of rotatable bonds is 11. The van der Waals surface area contributed by atoms with Crippen LogP contribution in [0.25, 0.3) is 0 Å². The molecule has 0 atom stereocenters. The maximum atomic E-state index is 12.3. The lowest BCUT2D eigenvalue weighted by Gasteiger charge is -2.25. The lowest BCUT2D eigenvalue weighted by atomic mass is 10.1. The minimum absolute atomic E-state index is 0.418. The van der Waals surface area contributed by atoms with Crippen molar-refractivity contribution >= 4 is 29.0 Å². The summed E-state index contributed by atoms with van der Waals surface area (Å²) in [6.07, 6.45) is 3.16. The summed E-state index contributed by atoms with van der Waals surface area (Å²) in [5.41, 5.74) is 2.82. The molecule has 3 aromatic rings. The van der Waals surface area contributed by atoms with E-state index in [2.05, 4.69) is 26.8 Å². The first-order valence-electron chi connectivity index (χ1n) is 10.3. The summed E-state index contributed by atoms with van der Waals surface area (Å²) in [7, 11) is 0. The molecule has 5 nitrogen and oxygen atoms in total. The Balaban J connectivity index is 1.77. The average Bonchev–Trinajstić information content (AvgIpc) is 2.79. The Morgan fingerprint density at radius 3 is 2.38 bits per heavy atom. The third-order valence-corrected chi connectivity index (χ3v) is 5.37. The van der Waals surface area contributed by atoms with E-state index >= 15 is 0 Å². The van der Waals surface area contributed by atoms with Crippen LogP contribution in [0.5, 0.6) is 5.75 Å². The van der Waals surface area contributed by atoms with E-state index in [1.54, 1.807) is 24.4 Å². The first kappa shape index (κ1) is 24.1. The van der Waals surface area contributed by atoms with Crippen molar-refractivity contribution < 1.29 is 13.5 Å². The fraction of sp³-hybridized carbons (Fsp3) is 0.348. The van der Waals surface area contributed by atoms with Crippen LogP contribution in [0.1, 0.15) is 30.2 Å². The van der Waals surface area contributed by atoms with Crippen molar-refractivity contribution in [2.75, 3.05) is 18.1 Å². The second kappa shape index (κ2) is 11.9. The van der Waals surface area contributed by atoms with Crippen LogP contribution in [0.2, 0.25) is 10.2 Å². The number of hydrogen-bond donors (Lipinski definition) is 0. The van der Waals surface area contributed by atoms with Crippen LogP contribution in [0.15, 0.2) is 48.9 Å². The van der Waals surface area contributed by atoms with Gasteiger partial charge in [-0.15, -0.1) is 0 Å². The van der Waals surface area contributed by atoms with Crippen molar-refractivity contribution in [1.82, 2.24) is 15.0 Å². The number of aromatic nitrogens is 3. The quantitative estimate of drug-likeness (QED) is 0.314. The highest BCUT2D eigenvalue weighted by molar-refractivity contribution is 6.33. The Bertz CT molecular complexity index is 988. The number of ether oxygens (including phenoxy) is 1. The van der Waals surface area contributed by atoms with Crippen LogP contribution in [0, 0.1) is 0 Å². The number of anilines is 1. The number of pyridine rings is 1. The molecule has 2 heterocycles. The molecule has 1 aromatic carbocycles. The molecule has 0 amide bonds. The third kappa shape index (κ3) is 7.00. The SMILES string of the molecule is CCCc1ncnc(N(CCc2ccc(OCC(F)F)cc2)Cc2ccc(Cl)nc2)c1Cl. The molecule has 0 radical (unpaired) electrons. The highest BCUT2D eigenvalue weighted by Gasteiger charge is 2.17. The minimum atomic E-state index is -2.50. The molecule has 0 aliphatic carbocycles. The average molecular weight is 481 g/mol. The van der Waals surface area contributed by atoms with Gasteiger partial charge in [0.15, 0.2) is 5.82 Å². The van der Waals surface area contributed by atoms with Crippen LogP contribution in [0.4, 0.5) is 14.6 Å². The second-order valence-corrected chi connectivity index (χ2v) is 7.98. The van der Waals surface area contributed by atoms with Gasteiger partial charge in [0.05, 0.1) is 5.69 Å². The monoisotopic (exact) mass is 480 g/mol. The van der Waals surface area contributed by atoms with E-state index in [0.29, 0.717) is 41.3 Å². The summed E-state index contributed by atoms with van der Waals surface area (Å²) >= 11 is 12.6. The molecule has 0 bridgehead atoms. The Morgan fingerprint density at radius 2 is 1.72 bits per heavy atom. The van der Waals surface area contributed by atoms with E-state index < -0.39 is 13.0 Å². The second-order valence-electron chi connectivity index (χ2n) is 7.21. The van der Waals surface area contributed by atoms with Gasteiger partial charge >= 0.3 is 0 Å². The fourth-order valence-electron chi connectivity index (χ4n) is 3.18. The largest absolute Gasteiger partial charge is 0.488 e. The Kier molecular flexibility index (Phi) is 9.00. The van der Waals surface area contributed by atoms with Crippen LogP contribution >= 0.6 is 23.2 Å². The molecule has 0 unspecified atom stereocenters. The Hall–Kier alpha value is -2.51. The highest BCUT2D eigenvalue weighted by Crippen LogP contribution is 2.28. The molecule has 9 heteroatoms. The molecule has 0 fully saturated rings. The van der Waals surface area contributed by atoms with Gasteiger partial charge in [-0.2, -0.15) is 0 Å². The van der Waals surface area contributed by atoms with E-state index in [4.69, 9.17) is 27.9 Å². The number of halogens is 4. The number of alkyl halides is 2. The predicted molar refractivity (Wildman–Crippen MR) is 123 cm³/mol. The summed E-state index contributed by atoms with van der Waals surface area (Å²) in [5, 5.41) is 0.978. The first-order chi connectivity index (χ1) is 15.5. The third-order valence-electron chi connectivity index (χ3n) is 4.76. The molecule has 32 heavy (non-hydrogen) atoms. The van der Waals surface area contributed by atoms with Crippen molar-refractivity contribution in [2.45, 2.75) is 39.2 Å². The molecule has 0 saturated heterocycles. The van der Waals surface area contributed by atoms with Crippen LogP contribution in [-0.4, -0.2) is 34.5 Å².